The molecular formula is C17H16BrFN2O2. The van der Waals surface area contributed by atoms with Crippen LogP contribution in [0.4, 0.5) is 4.39 Å². The number of rotatable bonds is 6. The standard InChI is InChI=1S/C17H16BrFN2O2/c1-2-12-9-14(18)7-8-16(12)23-11-17(22)21-20-10-13-5-3-4-6-15(13)19/h3-10H,2,11H2,1H3,(H,21,22)/b20-10+. The molecular weight excluding hydrogens is 363 g/mol. The molecule has 0 fully saturated rings. The monoisotopic (exact) mass is 378 g/mol. The Morgan fingerprint density at radius 2 is 2.13 bits per heavy atom. The molecule has 0 aliphatic carbocycles. The molecule has 0 atom stereocenters. The van der Waals surface area contributed by atoms with Crippen LogP contribution >= 0.6 is 15.9 Å². The van der Waals surface area contributed by atoms with Crippen LogP contribution in [-0.2, 0) is 11.2 Å². The van der Waals surface area contributed by atoms with Gasteiger partial charge in [0.25, 0.3) is 5.91 Å². The first-order valence-corrected chi connectivity index (χ1v) is 7.87. The van der Waals surface area contributed by atoms with Gasteiger partial charge in [0, 0.05) is 10.0 Å². The minimum Gasteiger partial charge on any atom is -0.483 e. The van der Waals surface area contributed by atoms with E-state index in [2.05, 4.69) is 26.5 Å². The van der Waals surface area contributed by atoms with Crippen molar-refractivity contribution >= 4 is 28.1 Å². The molecule has 4 nitrogen and oxygen atoms in total. The highest BCUT2D eigenvalue weighted by molar-refractivity contribution is 9.10. The molecule has 0 saturated carbocycles. The molecule has 6 heteroatoms. The highest BCUT2D eigenvalue weighted by atomic mass is 79.9. The molecule has 0 aromatic heterocycles. The summed E-state index contributed by atoms with van der Waals surface area (Å²) in [6.07, 6.45) is 2.05. The third-order valence-corrected chi connectivity index (χ3v) is 3.55. The summed E-state index contributed by atoms with van der Waals surface area (Å²) in [5.41, 5.74) is 3.61. The Hall–Kier alpha value is -2.21. The fourth-order valence-electron chi connectivity index (χ4n) is 1.89. The summed E-state index contributed by atoms with van der Waals surface area (Å²) in [6, 6.07) is 11.8. The van der Waals surface area contributed by atoms with Crippen molar-refractivity contribution < 1.29 is 13.9 Å². The van der Waals surface area contributed by atoms with E-state index in [0.29, 0.717) is 11.3 Å². The van der Waals surface area contributed by atoms with Crippen LogP contribution in [0.3, 0.4) is 0 Å². The normalized spacial score (nSPS) is 10.7. The van der Waals surface area contributed by atoms with Gasteiger partial charge in [-0.2, -0.15) is 5.10 Å². The Kier molecular flexibility index (Phi) is 6.29. The van der Waals surface area contributed by atoms with E-state index in [9.17, 15) is 9.18 Å². The summed E-state index contributed by atoms with van der Waals surface area (Å²) in [5, 5.41) is 3.72. The largest absolute Gasteiger partial charge is 0.483 e. The number of halogens is 2. The first kappa shape index (κ1) is 17.1. The molecule has 2 aromatic carbocycles. The van der Waals surface area contributed by atoms with E-state index in [1.807, 2.05) is 19.1 Å². The molecule has 1 N–H and O–H groups in total. The zero-order valence-corrected chi connectivity index (χ0v) is 14.1. The predicted octanol–water partition coefficient (Wildman–Crippen LogP) is 3.68. The van der Waals surface area contributed by atoms with Gasteiger partial charge in [0.15, 0.2) is 6.61 Å². The van der Waals surface area contributed by atoms with Crippen molar-refractivity contribution in [2.24, 2.45) is 5.10 Å². The molecule has 0 spiro atoms. The van der Waals surface area contributed by atoms with Crippen LogP contribution in [-0.4, -0.2) is 18.7 Å². The van der Waals surface area contributed by atoms with Crippen LogP contribution in [0.2, 0.25) is 0 Å². The Labute approximate surface area is 142 Å². The average molecular weight is 379 g/mol. The maximum absolute atomic E-state index is 13.4. The van der Waals surface area contributed by atoms with Crippen molar-refractivity contribution in [3.63, 3.8) is 0 Å². The number of aryl methyl sites for hydroxylation is 1. The number of benzene rings is 2. The topological polar surface area (TPSA) is 50.7 Å². The number of amides is 1. The quantitative estimate of drug-likeness (QED) is 0.615. The summed E-state index contributed by atoms with van der Waals surface area (Å²) in [4.78, 5) is 11.7. The smallest absolute Gasteiger partial charge is 0.277 e. The molecule has 0 aliphatic rings. The number of carbonyl (C=O) groups excluding carboxylic acids is 1. The first-order chi connectivity index (χ1) is 11.1. The summed E-state index contributed by atoms with van der Waals surface area (Å²) in [5.74, 6) is -0.157. The van der Waals surface area contributed by atoms with Crippen molar-refractivity contribution in [1.29, 1.82) is 0 Å². The zero-order valence-electron chi connectivity index (χ0n) is 12.6. The molecule has 1 amide bonds. The van der Waals surface area contributed by atoms with Crippen LogP contribution < -0.4 is 10.2 Å². The van der Waals surface area contributed by atoms with E-state index < -0.39 is 11.7 Å². The summed E-state index contributed by atoms with van der Waals surface area (Å²) in [7, 11) is 0. The third kappa shape index (κ3) is 5.17. The molecule has 0 heterocycles. The van der Waals surface area contributed by atoms with Crippen molar-refractivity contribution in [3.8, 4) is 5.75 Å². The second-order valence-corrected chi connectivity index (χ2v) is 5.62. The van der Waals surface area contributed by atoms with Gasteiger partial charge in [-0.3, -0.25) is 4.79 Å². The van der Waals surface area contributed by atoms with Crippen LogP contribution in [0.15, 0.2) is 52.0 Å². The Bertz CT molecular complexity index is 719. The number of hydrogen-bond acceptors (Lipinski definition) is 3. The lowest BCUT2D eigenvalue weighted by molar-refractivity contribution is -0.123. The molecule has 0 radical (unpaired) electrons. The molecule has 0 saturated heterocycles. The van der Waals surface area contributed by atoms with E-state index in [1.54, 1.807) is 24.3 Å². The molecule has 23 heavy (non-hydrogen) atoms. The van der Waals surface area contributed by atoms with Gasteiger partial charge in [0.05, 0.1) is 6.21 Å². The van der Waals surface area contributed by atoms with E-state index in [4.69, 9.17) is 4.74 Å². The number of nitrogens with zero attached hydrogens (tertiary/aromatic N) is 1. The number of carbonyl (C=O) groups is 1. The fourth-order valence-corrected chi connectivity index (χ4v) is 2.30. The predicted molar refractivity (Wildman–Crippen MR) is 91.2 cm³/mol. The lowest BCUT2D eigenvalue weighted by atomic mass is 10.1. The minimum atomic E-state index is -0.414. The van der Waals surface area contributed by atoms with Crippen LogP contribution in [0.5, 0.6) is 5.75 Å². The minimum absolute atomic E-state index is 0.163. The Morgan fingerprint density at radius 1 is 1.35 bits per heavy atom. The van der Waals surface area contributed by atoms with Gasteiger partial charge in [0.2, 0.25) is 0 Å². The van der Waals surface area contributed by atoms with Crippen molar-refractivity contribution in [2.45, 2.75) is 13.3 Å². The highest BCUT2D eigenvalue weighted by Crippen LogP contribution is 2.23. The number of hydrazone groups is 1. The van der Waals surface area contributed by atoms with Crippen molar-refractivity contribution in [2.75, 3.05) is 6.61 Å². The second kappa shape index (κ2) is 8.43. The molecule has 0 bridgehead atoms. The molecule has 0 unspecified atom stereocenters. The summed E-state index contributed by atoms with van der Waals surface area (Å²) < 4.78 is 19.8. The van der Waals surface area contributed by atoms with Gasteiger partial charge in [-0.15, -0.1) is 0 Å². The highest BCUT2D eigenvalue weighted by Gasteiger charge is 2.06. The zero-order chi connectivity index (χ0) is 16.7. The second-order valence-electron chi connectivity index (χ2n) is 4.71. The van der Waals surface area contributed by atoms with E-state index >= 15 is 0 Å². The third-order valence-electron chi connectivity index (χ3n) is 3.06. The van der Waals surface area contributed by atoms with Gasteiger partial charge in [-0.25, -0.2) is 9.82 Å². The van der Waals surface area contributed by atoms with Crippen LogP contribution in [0, 0.1) is 5.82 Å². The Balaban J connectivity index is 1.87. The van der Waals surface area contributed by atoms with Crippen LogP contribution in [0.1, 0.15) is 18.1 Å². The molecule has 0 aliphatic heterocycles. The van der Waals surface area contributed by atoms with Crippen molar-refractivity contribution in [3.05, 3.63) is 63.9 Å². The van der Waals surface area contributed by atoms with Gasteiger partial charge in [-0.1, -0.05) is 41.1 Å². The van der Waals surface area contributed by atoms with Gasteiger partial charge < -0.3 is 4.74 Å². The van der Waals surface area contributed by atoms with E-state index in [-0.39, 0.29) is 6.61 Å². The van der Waals surface area contributed by atoms with E-state index in [0.717, 1.165) is 16.5 Å². The lowest BCUT2D eigenvalue weighted by Crippen LogP contribution is -2.24. The SMILES string of the molecule is CCc1cc(Br)ccc1OCC(=O)N/N=C/c1ccccc1F. The number of hydrogen-bond donors (Lipinski definition) is 1. The summed E-state index contributed by atoms with van der Waals surface area (Å²) in [6.45, 7) is 1.84. The average Bonchev–Trinajstić information content (AvgIpc) is 2.55. The number of nitrogens with one attached hydrogen (secondary N) is 1. The van der Waals surface area contributed by atoms with Crippen LogP contribution in [0.25, 0.3) is 0 Å². The lowest BCUT2D eigenvalue weighted by Gasteiger charge is -2.10. The maximum atomic E-state index is 13.4. The summed E-state index contributed by atoms with van der Waals surface area (Å²) >= 11 is 3.39. The van der Waals surface area contributed by atoms with Gasteiger partial charge >= 0.3 is 0 Å². The van der Waals surface area contributed by atoms with Gasteiger partial charge in [-0.05, 0) is 36.2 Å². The molecule has 120 valence electrons. The van der Waals surface area contributed by atoms with Crippen molar-refractivity contribution in [1.82, 2.24) is 5.43 Å². The number of ether oxygens (including phenoxy) is 1. The van der Waals surface area contributed by atoms with E-state index in [1.165, 1.54) is 12.3 Å². The van der Waals surface area contributed by atoms with Gasteiger partial charge in [0.1, 0.15) is 11.6 Å². The molecule has 2 aromatic rings. The Morgan fingerprint density at radius 3 is 2.87 bits per heavy atom. The fraction of sp³-hybridized carbons (Fsp3) is 0.176. The maximum Gasteiger partial charge on any atom is 0.277 e. The first-order valence-electron chi connectivity index (χ1n) is 7.07. The molecule has 2 rings (SSSR count).